The van der Waals surface area contributed by atoms with Gasteiger partial charge in [0.15, 0.2) is 0 Å². The van der Waals surface area contributed by atoms with E-state index in [1.807, 2.05) is 30.3 Å². The normalized spacial score (nSPS) is 13.0. The summed E-state index contributed by atoms with van der Waals surface area (Å²) in [6, 6.07) is 7.61. The summed E-state index contributed by atoms with van der Waals surface area (Å²) in [4.78, 5) is 33.9. The highest BCUT2D eigenvalue weighted by molar-refractivity contribution is 5.85. The molecule has 2 atom stereocenters. The van der Waals surface area contributed by atoms with Crippen molar-refractivity contribution in [1.82, 2.24) is 10.6 Å². The molecule has 0 spiro atoms. The van der Waals surface area contributed by atoms with Gasteiger partial charge < -0.3 is 21.5 Å². The summed E-state index contributed by atoms with van der Waals surface area (Å²) < 4.78 is 0. The first-order valence-electron chi connectivity index (χ1n) is 6.99. The molecule has 0 radical (unpaired) electrons. The number of hydrogen-bond donors (Lipinski definition) is 4. The molecule has 7 heteroatoms. The summed E-state index contributed by atoms with van der Waals surface area (Å²) in [6.07, 6.45) is 0.149. The lowest BCUT2D eigenvalue weighted by Crippen LogP contribution is -2.42. The predicted octanol–water partition coefficient (Wildman–Crippen LogP) is -0.000400. The van der Waals surface area contributed by atoms with Crippen molar-refractivity contribution in [3.05, 3.63) is 35.9 Å². The molecule has 120 valence electrons. The van der Waals surface area contributed by atoms with Crippen LogP contribution in [0.5, 0.6) is 0 Å². The smallest absolute Gasteiger partial charge is 0.325 e. The molecule has 1 aromatic rings. The van der Waals surface area contributed by atoms with Gasteiger partial charge in [-0.3, -0.25) is 14.4 Å². The summed E-state index contributed by atoms with van der Waals surface area (Å²) in [5, 5.41) is 13.7. The summed E-state index contributed by atoms with van der Waals surface area (Å²) >= 11 is 0. The Hall–Kier alpha value is -2.41. The number of carbonyl (C=O) groups is 3. The van der Waals surface area contributed by atoms with Crippen LogP contribution in [0.2, 0.25) is 0 Å². The van der Waals surface area contributed by atoms with Crippen LogP contribution < -0.4 is 16.4 Å². The molecule has 0 aliphatic rings. The minimum atomic E-state index is -1.11. The van der Waals surface area contributed by atoms with Crippen LogP contribution in [0.15, 0.2) is 30.3 Å². The molecule has 1 rings (SSSR count). The number of carboxylic acids is 1. The molecule has 0 bridgehead atoms. The quantitative estimate of drug-likeness (QED) is 0.538. The van der Waals surface area contributed by atoms with E-state index in [0.717, 1.165) is 5.56 Å². The van der Waals surface area contributed by atoms with E-state index in [1.54, 1.807) is 0 Å². The molecule has 0 unspecified atom stereocenters. The van der Waals surface area contributed by atoms with Crippen molar-refractivity contribution in [2.45, 2.75) is 38.4 Å². The van der Waals surface area contributed by atoms with Crippen LogP contribution in [0, 0.1) is 0 Å². The number of nitrogens with two attached hydrogens (primary N) is 1. The average molecular weight is 307 g/mol. The molecule has 0 saturated heterocycles. The lowest BCUT2D eigenvalue weighted by atomic mass is 10.1. The van der Waals surface area contributed by atoms with Crippen LogP contribution in [-0.2, 0) is 20.9 Å². The van der Waals surface area contributed by atoms with Gasteiger partial charge in [0.1, 0.15) is 6.04 Å². The average Bonchev–Trinajstić information content (AvgIpc) is 2.51. The lowest BCUT2D eigenvalue weighted by Gasteiger charge is -2.13. The van der Waals surface area contributed by atoms with Gasteiger partial charge in [-0.25, -0.2) is 0 Å². The van der Waals surface area contributed by atoms with E-state index in [1.165, 1.54) is 6.92 Å². The molecule has 2 amide bonds. The molecule has 0 aromatic heterocycles. The van der Waals surface area contributed by atoms with Crippen LogP contribution in [0.4, 0.5) is 0 Å². The van der Waals surface area contributed by atoms with Gasteiger partial charge >= 0.3 is 5.97 Å². The standard InChI is InChI=1S/C15H21N3O4/c1-10(15(21)22)18-13(19)8-7-12(16)14(20)17-9-11-5-3-2-4-6-11/h2-6,10,12H,7-9,16H2,1H3,(H,17,20)(H,18,19)(H,21,22)/t10-,12-/m0/s1. The number of benzene rings is 1. The molecule has 22 heavy (non-hydrogen) atoms. The molecule has 0 saturated carbocycles. The number of amides is 2. The summed E-state index contributed by atoms with van der Waals surface area (Å²) in [6.45, 7) is 1.74. The van der Waals surface area contributed by atoms with E-state index in [-0.39, 0.29) is 18.7 Å². The van der Waals surface area contributed by atoms with Gasteiger partial charge in [0.2, 0.25) is 11.8 Å². The lowest BCUT2D eigenvalue weighted by molar-refractivity contribution is -0.141. The van der Waals surface area contributed by atoms with Crippen LogP contribution in [-0.4, -0.2) is 35.0 Å². The second kappa shape index (κ2) is 8.78. The molecular weight excluding hydrogens is 286 g/mol. The van der Waals surface area contributed by atoms with Gasteiger partial charge in [-0.05, 0) is 18.9 Å². The SMILES string of the molecule is C[C@H](NC(=O)CC[C@H](N)C(=O)NCc1ccccc1)C(=O)O. The predicted molar refractivity (Wildman–Crippen MR) is 80.7 cm³/mol. The fourth-order valence-corrected chi connectivity index (χ4v) is 1.71. The second-order valence-electron chi connectivity index (χ2n) is 4.98. The third-order valence-electron chi connectivity index (χ3n) is 3.08. The first-order chi connectivity index (χ1) is 10.4. The van der Waals surface area contributed by atoms with Gasteiger partial charge in [0.05, 0.1) is 6.04 Å². The van der Waals surface area contributed by atoms with Crippen LogP contribution in [0.3, 0.4) is 0 Å². The van der Waals surface area contributed by atoms with Crippen LogP contribution >= 0.6 is 0 Å². The Balaban J connectivity index is 2.29. The minimum absolute atomic E-state index is 0.00244. The van der Waals surface area contributed by atoms with Crippen molar-refractivity contribution in [2.75, 3.05) is 0 Å². The second-order valence-corrected chi connectivity index (χ2v) is 4.98. The van der Waals surface area contributed by atoms with E-state index >= 15 is 0 Å². The molecule has 5 N–H and O–H groups in total. The molecule has 1 aromatic carbocycles. The Bertz CT molecular complexity index is 519. The zero-order chi connectivity index (χ0) is 16.5. The third-order valence-corrected chi connectivity index (χ3v) is 3.08. The Labute approximate surface area is 128 Å². The number of aliphatic carboxylic acids is 1. The number of nitrogens with one attached hydrogen (secondary N) is 2. The van der Waals surface area contributed by atoms with E-state index in [4.69, 9.17) is 10.8 Å². The number of carbonyl (C=O) groups excluding carboxylic acids is 2. The Morgan fingerprint density at radius 3 is 2.45 bits per heavy atom. The Morgan fingerprint density at radius 1 is 1.23 bits per heavy atom. The molecular formula is C15H21N3O4. The van der Waals surface area contributed by atoms with Gasteiger partial charge in [-0.1, -0.05) is 30.3 Å². The minimum Gasteiger partial charge on any atom is -0.480 e. The van der Waals surface area contributed by atoms with Gasteiger partial charge in [-0.15, -0.1) is 0 Å². The third kappa shape index (κ3) is 6.36. The van der Waals surface area contributed by atoms with E-state index < -0.39 is 24.0 Å². The molecule has 7 nitrogen and oxygen atoms in total. The first-order valence-corrected chi connectivity index (χ1v) is 6.99. The number of rotatable bonds is 8. The maximum Gasteiger partial charge on any atom is 0.325 e. The van der Waals surface area contributed by atoms with Gasteiger partial charge in [-0.2, -0.15) is 0 Å². The van der Waals surface area contributed by atoms with E-state index in [0.29, 0.717) is 6.54 Å². The number of carboxylic acid groups (broad SMARTS) is 1. The number of hydrogen-bond acceptors (Lipinski definition) is 4. The van der Waals surface area contributed by atoms with Crippen LogP contribution in [0.1, 0.15) is 25.3 Å². The maximum absolute atomic E-state index is 11.8. The molecule has 0 fully saturated rings. The zero-order valence-electron chi connectivity index (χ0n) is 12.4. The summed E-state index contributed by atoms with van der Waals surface area (Å²) in [7, 11) is 0. The summed E-state index contributed by atoms with van der Waals surface area (Å²) in [5.41, 5.74) is 6.67. The van der Waals surface area contributed by atoms with Gasteiger partial charge in [0.25, 0.3) is 0 Å². The van der Waals surface area contributed by atoms with Crippen molar-refractivity contribution in [3.63, 3.8) is 0 Å². The van der Waals surface area contributed by atoms with Crippen molar-refractivity contribution in [3.8, 4) is 0 Å². The molecule has 0 aliphatic heterocycles. The van der Waals surface area contributed by atoms with Crippen LogP contribution in [0.25, 0.3) is 0 Å². The molecule has 0 heterocycles. The highest BCUT2D eigenvalue weighted by Gasteiger charge is 2.17. The van der Waals surface area contributed by atoms with Crippen molar-refractivity contribution in [2.24, 2.45) is 5.73 Å². The van der Waals surface area contributed by atoms with Crippen molar-refractivity contribution < 1.29 is 19.5 Å². The summed E-state index contributed by atoms with van der Waals surface area (Å²) in [5.74, 6) is -1.90. The largest absolute Gasteiger partial charge is 0.480 e. The Kier molecular flexibility index (Phi) is 7.04. The fraction of sp³-hybridized carbons (Fsp3) is 0.400. The van der Waals surface area contributed by atoms with Crippen molar-refractivity contribution in [1.29, 1.82) is 0 Å². The topological polar surface area (TPSA) is 122 Å². The fourth-order valence-electron chi connectivity index (χ4n) is 1.71. The zero-order valence-corrected chi connectivity index (χ0v) is 12.4. The van der Waals surface area contributed by atoms with Crippen molar-refractivity contribution >= 4 is 17.8 Å². The molecule has 0 aliphatic carbocycles. The van der Waals surface area contributed by atoms with Gasteiger partial charge in [0, 0.05) is 13.0 Å². The maximum atomic E-state index is 11.8. The van der Waals surface area contributed by atoms with E-state index in [2.05, 4.69) is 10.6 Å². The first kappa shape index (κ1) is 17.6. The van der Waals surface area contributed by atoms with E-state index in [9.17, 15) is 14.4 Å². The Morgan fingerprint density at radius 2 is 1.86 bits per heavy atom. The monoisotopic (exact) mass is 307 g/mol. The highest BCUT2D eigenvalue weighted by atomic mass is 16.4. The highest BCUT2D eigenvalue weighted by Crippen LogP contribution is 2.00.